The summed E-state index contributed by atoms with van der Waals surface area (Å²) in [5.74, 6) is -1.17. The molecule has 0 saturated carbocycles. The lowest BCUT2D eigenvalue weighted by atomic mass is 9.96. The number of carboxylic acid groups (broad SMARTS) is 1. The Kier molecular flexibility index (Phi) is 6.34. The molecule has 0 aliphatic heterocycles. The first kappa shape index (κ1) is 17.1. The summed E-state index contributed by atoms with van der Waals surface area (Å²) in [4.78, 5) is 23.0. The molecule has 1 heterocycles. The number of hydrogen-bond donors (Lipinski definition) is 3. The summed E-state index contributed by atoms with van der Waals surface area (Å²) < 4.78 is 0. The largest absolute Gasteiger partial charge is 0.480 e. The van der Waals surface area contributed by atoms with Crippen molar-refractivity contribution in [1.29, 1.82) is 5.26 Å². The fourth-order valence-electron chi connectivity index (χ4n) is 1.91. The minimum atomic E-state index is -1.02. The molecule has 0 fully saturated rings. The van der Waals surface area contributed by atoms with E-state index in [1.807, 2.05) is 13.0 Å². The number of rotatable bonds is 8. The Morgan fingerprint density at radius 1 is 1.52 bits per heavy atom. The Labute approximate surface area is 127 Å². The Morgan fingerprint density at radius 2 is 2.24 bits per heavy atom. The fraction of sp³-hybridized carbons (Fsp3) is 0.500. The van der Waals surface area contributed by atoms with Gasteiger partial charge in [0.15, 0.2) is 0 Å². The van der Waals surface area contributed by atoms with Crippen molar-refractivity contribution in [2.24, 2.45) is 0 Å². The van der Waals surface area contributed by atoms with E-state index >= 15 is 0 Å². The van der Waals surface area contributed by atoms with E-state index < -0.39 is 11.5 Å². The number of thiophene rings is 1. The van der Waals surface area contributed by atoms with Crippen LogP contribution in [0.2, 0.25) is 0 Å². The van der Waals surface area contributed by atoms with Gasteiger partial charge < -0.3 is 15.7 Å². The average Bonchev–Trinajstić information content (AvgIpc) is 2.86. The molecule has 1 aromatic heterocycles. The molecule has 1 aromatic rings. The molecule has 0 aliphatic rings. The van der Waals surface area contributed by atoms with E-state index in [0.29, 0.717) is 17.0 Å². The molecular weight excluding hydrogens is 290 g/mol. The van der Waals surface area contributed by atoms with E-state index in [1.54, 1.807) is 18.4 Å². The van der Waals surface area contributed by atoms with Crippen molar-refractivity contribution in [2.75, 3.05) is 11.9 Å². The lowest BCUT2D eigenvalue weighted by Gasteiger charge is -2.25. The summed E-state index contributed by atoms with van der Waals surface area (Å²) in [6.07, 6.45) is 1.38. The molecule has 0 saturated heterocycles. The van der Waals surface area contributed by atoms with Crippen molar-refractivity contribution >= 4 is 28.2 Å². The van der Waals surface area contributed by atoms with Crippen molar-refractivity contribution in [3.05, 3.63) is 17.0 Å². The molecule has 0 aromatic carbocycles. The first-order valence-corrected chi connectivity index (χ1v) is 7.56. The quantitative estimate of drug-likeness (QED) is 0.683. The van der Waals surface area contributed by atoms with E-state index in [1.165, 1.54) is 11.3 Å². The number of carbonyl (C=O) groups is 2. The van der Waals surface area contributed by atoms with Gasteiger partial charge in [-0.25, -0.2) is 0 Å². The number of amides is 1. The third-order valence-electron chi connectivity index (χ3n) is 3.13. The Hall–Kier alpha value is -1.91. The van der Waals surface area contributed by atoms with Crippen molar-refractivity contribution in [3.8, 4) is 6.07 Å². The molecule has 1 unspecified atom stereocenters. The van der Waals surface area contributed by atoms with E-state index in [4.69, 9.17) is 5.26 Å². The summed E-state index contributed by atoms with van der Waals surface area (Å²) in [6.45, 7) is 3.79. The van der Waals surface area contributed by atoms with Crippen LogP contribution in [-0.4, -0.2) is 29.1 Å². The summed E-state index contributed by atoms with van der Waals surface area (Å²) in [5, 5.41) is 25.9. The minimum absolute atomic E-state index is 0.148. The highest BCUT2D eigenvalue weighted by Crippen LogP contribution is 2.22. The number of carboxylic acids is 1. The molecule has 114 valence electrons. The standard InChI is InChI=1S/C14H19N3O3S/c1-3-6-14(2,13(19)20)16-7-4-11(18)17-12-10(9-15)5-8-21-12/h5,8,16H,3-4,6-7H2,1-2H3,(H,17,18)(H,19,20). The van der Waals surface area contributed by atoms with Gasteiger partial charge in [0.25, 0.3) is 0 Å². The molecule has 1 rings (SSSR count). The van der Waals surface area contributed by atoms with Gasteiger partial charge in [-0.3, -0.25) is 9.59 Å². The highest BCUT2D eigenvalue weighted by atomic mass is 32.1. The maximum Gasteiger partial charge on any atom is 0.323 e. The molecular formula is C14H19N3O3S. The molecule has 1 atom stereocenters. The Bertz CT molecular complexity index is 550. The van der Waals surface area contributed by atoms with Crippen LogP contribution in [0.4, 0.5) is 5.00 Å². The summed E-state index contributed by atoms with van der Waals surface area (Å²) in [5.41, 5.74) is -0.585. The second-order valence-corrected chi connectivity index (χ2v) is 5.80. The van der Waals surface area contributed by atoms with E-state index in [-0.39, 0.29) is 18.9 Å². The van der Waals surface area contributed by atoms with Crippen LogP contribution in [0, 0.1) is 11.3 Å². The second kappa shape index (κ2) is 7.76. The minimum Gasteiger partial charge on any atom is -0.480 e. The van der Waals surface area contributed by atoms with Crippen molar-refractivity contribution in [2.45, 2.75) is 38.6 Å². The van der Waals surface area contributed by atoms with E-state index in [9.17, 15) is 14.7 Å². The van der Waals surface area contributed by atoms with Crippen LogP contribution in [0.15, 0.2) is 11.4 Å². The first-order chi connectivity index (χ1) is 9.92. The normalized spacial score (nSPS) is 13.2. The summed E-state index contributed by atoms with van der Waals surface area (Å²) in [7, 11) is 0. The van der Waals surface area contributed by atoms with Crippen LogP contribution >= 0.6 is 11.3 Å². The molecule has 0 aliphatic carbocycles. The maximum atomic E-state index is 11.8. The number of aliphatic carboxylic acids is 1. The molecule has 3 N–H and O–H groups in total. The molecule has 0 radical (unpaired) electrons. The molecule has 0 spiro atoms. The van der Waals surface area contributed by atoms with Gasteiger partial charge in [-0.1, -0.05) is 13.3 Å². The van der Waals surface area contributed by atoms with Gasteiger partial charge in [-0.2, -0.15) is 5.26 Å². The topological polar surface area (TPSA) is 102 Å². The van der Waals surface area contributed by atoms with Crippen LogP contribution in [0.5, 0.6) is 0 Å². The Balaban J connectivity index is 2.47. The zero-order valence-electron chi connectivity index (χ0n) is 12.1. The number of hydrogen-bond acceptors (Lipinski definition) is 5. The van der Waals surface area contributed by atoms with Crippen LogP contribution in [0.3, 0.4) is 0 Å². The van der Waals surface area contributed by atoms with Gasteiger partial charge in [-0.15, -0.1) is 11.3 Å². The van der Waals surface area contributed by atoms with Gasteiger partial charge in [0.2, 0.25) is 5.91 Å². The van der Waals surface area contributed by atoms with E-state index in [0.717, 1.165) is 6.42 Å². The lowest BCUT2D eigenvalue weighted by molar-refractivity contribution is -0.144. The SMILES string of the molecule is CCCC(C)(NCCC(=O)Nc1sccc1C#N)C(=O)O. The number of carbonyl (C=O) groups excluding carboxylic acids is 1. The van der Waals surface area contributed by atoms with Crippen LogP contribution < -0.4 is 10.6 Å². The number of nitriles is 1. The number of nitrogens with one attached hydrogen (secondary N) is 2. The zero-order chi connectivity index (χ0) is 15.9. The molecule has 6 nitrogen and oxygen atoms in total. The van der Waals surface area contributed by atoms with Crippen LogP contribution in [0.1, 0.15) is 38.7 Å². The summed E-state index contributed by atoms with van der Waals surface area (Å²) >= 11 is 1.29. The number of nitrogens with zero attached hydrogens (tertiary/aromatic N) is 1. The van der Waals surface area contributed by atoms with Gasteiger partial charge in [0.1, 0.15) is 16.6 Å². The Morgan fingerprint density at radius 3 is 2.81 bits per heavy atom. The third-order valence-corrected chi connectivity index (χ3v) is 3.96. The highest BCUT2D eigenvalue weighted by molar-refractivity contribution is 7.14. The van der Waals surface area contributed by atoms with Crippen molar-refractivity contribution in [1.82, 2.24) is 5.32 Å². The average molecular weight is 309 g/mol. The van der Waals surface area contributed by atoms with Crippen molar-refractivity contribution < 1.29 is 14.7 Å². The van der Waals surface area contributed by atoms with Gasteiger partial charge in [-0.05, 0) is 24.8 Å². The maximum absolute atomic E-state index is 11.8. The lowest BCUT2D eigenvalue weighted by Crippen LogP contribution is -2.50. The number of anilines is 1. The second-order valence-electron chi connectivity index (χ2n) is 4.89. The molecule has 7 heteroatoms. The predicted octanol–water partition coefficient (Wildman–Crippen LogP) is 2.18. The first-order valence-electron chi connectivity index (χ1n) is 6.69. The van der Waals surface area contributed by atoms with Crippen LogP contribution in [-0.2, 0) is 9.59 Å². The molecule has 1 amide bonds. The third kappa shape index (κ3) is 4.85. The van der Waals surface area contributed by atoms with E-state index in [2.05, 4.69) is 10.6 Å². The van der Waals surface area contributed by atoms with Crippen LogP contribution in [0.25, 0.3) is 0 Å². The van der Waals surface area contributed by atoms with Gasteiger partial charge in [0.05, 0.1) is 5.56 Å². The van der Waals surface area contributed by atoms with Crippen molar-refractivity contribution in [3.63, 3.8) is 0 Å². The molecule has 0 bridgehead atoms. The van der Waals surface area contributed by atoms with Gasteiger partial charge in [0, 0.05) is 13.0 Å². The fourth-order valence-corrected chi connectivity index (χ4v) is 2.66. The smallest absolute Gasteiger partial charge is 0.323 e. The summed E-state index contributed by atoms with van der Waals surface area (Å²) in [6, 6.07) is 3.64. The van der Waals surface area contributed by atoms with Gasteiger partial charge >= 0.3 is 5.97 Å². The predicted molar refractivity (Wildman–Crippen MR) is 81.2 cm³/mol. The zero-order valence-corrected chi connectivity index (χ0v) is 12.9. The highest BCUT2D eigenvalue weighted by Gasteiger charge is 2.31. The monoisotopic (exact) mass is 309 g/mol. The molecule has 21 heavy (non-hydrogen) atoms.